The van der Waals surface area contributed by atoms with Crippen molar-refractivity contribution in [2.45, 2.75) is 68.7 Å². The first-order valence-electron chi connectivity index (χ1n) is 8.30. The van der Waals surface area contributed by atoms with Gasteiger partial charge in [0.1, 0.15) is 0 Å². The standard InChI is InChI=1S/C16H30N2O2/c1-17(2)11-14-9-15(19)12-18(14)13-5-8-20-16(10-13)6-3-4-7-16/h13-15,19H,3-12H2,1-2H3. The lowest BCUT2D eigenvalue weighted by Gasteiger charge is -2.44. The highest BCUT2D eigenvalue weighted by atomic mass is 16.5. The van der Waals surface area contributed by atoms with Crippen molar-refractivity contribution in [1.29, 1.82) is 0 Å². The summed E-state index contributed by atoms with van der Waals surface area (Å²) >= 11 is 0. The molecule has 1 spiro atoms. The van der Waals surface area contributed by atoms with Crippen LogP contribution in [-0.4, -0.2) is 72.5 Å². The molecule has 2 saturated heterocycles. The van der Waals surface area contributed by atoms with Crippen molar-refractivity contribution in [3.8, 4) is 0 Å². The van der Waals surface area contributed by atoms with Crippen molar-refractivity contribution in [3.05, 3.63) is 0 Å². The molecule has 3 rings (SSSR count). The summed E-state index contributed by atoms with van der Waals surface area (Å²) in [7, 11) is 4.26. The van der Waals surface area contributed by atoms with Crippen LogP contribution in [0.3, 0.4) is 0 Å². The largest absolute Gasteiger partial charge is 0.392 e. The van der Waals surface area contributed by atoms with Crippen LogP contribution < -0.4 is 0 Å². The van der Waals surface area contributed by atoms with E-state index < -0.39 is 0 Å². The number of likely N-dealkylation sites (tertiary alicyclic amines) is 1. The third-order valence-corrected chi connectivity index (χ3v) is 5.46. The molecule has 1 saturated carbocycles. The maximum Gasteiger partial charge on any atom is 0.0697 e. The van der Waals surface area contributed by atoms with Crippen molar-refractivity contribution in [2.24, 2.45) is 0 Å². The van der Waals surface area contributed by atoms with Gasteiger partial charge < -0.3 is 14.7 Å². The lowest BCUT2D eigenvalue weighted by molar-refractivity contribution is -0.104. The Balaban J connectivity index is 1.67. The van der Waals surface area contributed by atoms with Crippen LogP contribution in [0, 0.1) is 0 Å². The zero-order valence-corrected chi connectivity index (χ0v) is 13.1. The van der Waals surface area contributed by atoms with E-state index in [0.717, 1.165) is 32.5 Å². The average molecular weight is 282 g/mol. The first-order chi connectivity index (χ1) is 9.58. The molecular weight excluding hydrogens is 252 g/mol. The van der Waals surface area contributed by atoms with Crippen LogP contribution in [0.4, 0.5) is 0 Å². The number of nitrogens with zero attached hydrogens (tertiary/aromatic N) is 2. The maximum absolute atomic E-state index is 10.1. The lowest BCUT2D eigenvalue weighted by atomic mass is 9.88. The third kappa shape index (κ3) is 3.03. The Kier molecular flexibility index (Phi) is 4.37. The van der Waals surface area contributed by atoms with Crippen LogP contribution in [0.25, 0.3) is 0 Å². The minimum absolute atomic E-state index is 0.137. The number of ether oxygens (including phenoxy) is 1. The number of hydrogen-bond donors (Lipinski definition) is 1. The van der Waals surface area contributed by atoms with Gasteiger partial charge in [-0.05, 0) is 46.2 Å². The Morgan fingerprint density at radius 3 is 2.75 bits per heavy atom. The predicted molar refractivity (Wildman–Crippen MR) is 79.8 cm³/mol. The summed E-state index contributed by atoms with van der Waals surface area (Å²) in [5.41, 5.74) is 0.180. The number of hydrogen-bond acceptors (Lipinski definition) is 4. The van der Waals surface area contributed by atoms with Crippen LogP contribution in [0.2, 0.25) is 0 Å². The van der Waals surface area contributed by atoms with Gasteiger partial charge in [-0.1, -0.05) is 12.8 Å². The molecule has 3 aliphatic rings. The van der Waals surface area contributed by atoms with Crippen molar-refractivity contribution >= 4 is 0 Å². The van der Waals surface area contributed by atoms with E-state index in [1.807, 2.05) is 0 Å². The molecule has 0 amide bonds. The zero-order chi connectivity index (χ0) is 14.2. The number of aliphatic hydroxyl groups is 1. The van der Waals surface area contributed by atoms with Gasteiger partial charge in [-0.25, -0.2) is 0 Å². The Hall–Kier alpha value is -0.160. The summed E-state index contributed by atoms with van der Waals surface area (Å²) in [6.07, 6.45) is 8.27. The van der Waals surface area contributed by atoms with E-state index in [4.69, 9.17) is 4.74 Å². The molecule has 3 atom stereocenters. The van der Waals surface area contributed by atoms with Gasteiger partial charge in [0.15, 0.2) is 0 Å². The fourth-order valence-corrected chi connectivity index (χ4v) is 4.62. The number of likely N-dealkylation sites (N-methyl/N-ethyl adjacent to an activating group) is 1. The number of rotatable bonds is 3. The van der Waals surface area contributed by atoms with Crippen molar-refractivity contribution in [3.63, 3.8) is 0 Å². The monoisotopic (exact) mass is 282 g/mol. The fraction of sp³-hybridized carbons (Fsp3) is 1.00. The second kappa shape index (κ2) is 5.91. The zero-order valence-electron chi connectivity index (χ0n) is 13.1. The third-order valence-electron chi connectivity index (χ3n) is 5.46. The predicted octanol–water partition coefficient (Wildman–Crippen LogP) is 1.47. The molecule has 20 heavy (non-hydrogen) atoms. The molecule has 1 N–H and O–H groups in total. The van der Waals surface area contributed by atoms with Gasteiger partial charge in [0.25, 0.3) is 0 Å². The van der Waals surface area contributed by atoms with Crippen molar-refractivity contribution < 1.29 is 9.84 Å². The molecule has 4 nitrogen and oxygen atoms in total. The molecule has 1 aliphatic carbocycles. The first-order valence-corrected chi connectivity index (χ1v) is 8.30. The second-order valence-corrected chi connectivity index (χ2v) is 7.39. The SMILES string of the molecule is CN(C)CC1CC(O)CN1C1CCOC2(CCCC2)C1. The minimum Gasteiger partial charge on any atom is -0.392 e. The molecular formula is C16H30N2O2. The molecule has 0 bridgehead atoms. The van der Waals surface area contributed by atoms with Gasteiger partial charge in [0, 0.05) is 31.8 Å². The van der Waals surface area contributed by atoms with Crippen LogP contribution in [0.1, 0.15) is 44.9 Å². The molecule has 0 aromatic carbocycles. The number of β-amino-alcohol motifs (C(OH)–C–C–N with tert-alkyl or cyclic N) is 1. The Labute approximate surface area is 123 Å². The average Bonchev–Trinajstić information content (AvgIpc) is 2.96. The van der Waals surface area contributed by atoms with E-state index in [-0.39, 0.29) is 11.7 Å². The highest BCUT2D eigenvalue weighted by Gasteiger charge is 2.44. The van der Waals surface area contributed by atoms with E-state index >= 15 is 0 Å². The lowest BCUT2D eigenvalue weighted by Crippen LogP contribution is -2.51. The normalized spacial score (nSPS) is 38.1. The molecule has 3 unspecified atom stereocenters. The van der Waals surface area contributed by atoms with Gasteiger partial charge >= 0.3 is 0 Å². The van der Waals surface area contributed by atoms with E-state index in [0.29, 0.717) is 12.1 Å². The van der Waals surface area contributed by atoms with Crippen molar-refractivity contribution in [2.75, 3.05) is 33.8 Å². The summed E-state index contributed by atoms with van der Waals surface area (Å²) in [5, 5.41) is 10.1. The van der Waals surface area contributed by atoms with E-state index in [9.17, 15) is 5.11 Å². The topological polar surface area (TPSA) is 35.9 Å². The Morgan fingerprint density at radius 1 is 1.30 bits per heavy atom. The molecule has 0 radical (unpaired) electrons. The first kappa shape index (κ1) is 14.8. The van der Waals surface area contributed by atoms with Crippen molar-refractivity contribution in [1.82, 2.24) is 9.80 Å². The summed E-state index contributed by atoms with van der Waals surface area (Å²) in [6, 6.07) is 1.13. The van der Waals surface area contributed by atoms with E-state index in [1.54, 1.807) is 0 Å². The second-order valence-electron chi connectivity index (χ2n) is 7.39. The molecule has 4 heteroatoms. The fourth-order valence-electron chi connectivity index (χ4n) is 4.62. The highest BCUT2D eigenvalue weighted by Crippen LogP contribution is 2.42. The highest BCUT2D eigenvalue weighted by molar-refractivity contribution is 4.98. The molecule has 0 aromatic rings. The van der Waals surface area contributed by atoms with Gasteiger partial charge in [0.2, 0.25) is 0 Å². The summed E-state index contributed by atoms with van der Waals surface area (Å²) < 4.78 is 6.16. The van der Waals surface area contributed by atoms with E-state index in [1.165, 1.54) is 32.1 Å². The Morgan fingerprint density at radius 2 is 2.05 bits per heavy atom. The van der Waals surface area contributed by atoms with Crippen LogP contribution in [0.15, 0.2) is 0 Å². The molecule has 0 aromatic heterocycles. The van der Waals surface area contributed by atoms with Crippen LogP contribution in [0.5, 0.6) is 0 Å². The molecule has 2 heterocycles. The summed E-state index contributed by atoms with van der Waals surface area (Å²) in [6.45, 7) is 2.83. The van der Waals surface area contributed by atoms with Gasteiger partial charge in [-0.2, -0.15) is 0 Å². The van der Waals surface area contributed by atoms with Gasteiger partial charge in [-0.3, -0.25) is 4.90 Å². The maximum atomic E-state index is 10.1. The van der Waals surface area contributed by atoms with Crippen LogP contribution in [-0.2, 0) is 4.74 Å². The summed E-state index contributed by atoms with van der Waals surface area (Å²) in [5.74, 6) is 0. The molecule has 2 aliphatic heterocycles. The molecule has 3 fully saturated rings. The van der Waals surface area contributed by atoms with Crippen LogP contribution >= 0.6 is 0 Å². The molecule has 116 valence electrons. The van der Waals surface area contributed by atoms with Gasteiger partial charge in [-0.15, -0.1) is 0 Å². The smallest absolute Gasteiger partial charge is 0.0697 e. The quantitative estimate of drug-likeness (QED) is 0.850. The van der Waals surface area contributed by atoms with E-state index in [2.05, 4.69) is 23.9 Å². The summed E-state index contributed by atoms with van der Waals surface area (Å²) in [4.78, 5) is 4.84. The number of aliphatic hydroxyl groups excluding tert-OH is 1. The van der Waals surface area contributed by atoms with Gasteiger partial charge in [0.05, 0.1) is 11.7 Å². The minimum atomic E-state index is -0.137. The Bertz CT molecular complexity index is 328.